The Morgan fingerprint density at radius 2 is 1.88 bits per heavy atom. The van der Waals surface area contributed by atoms with Gasteiger partial charge in [-0.1, -0.05) is 12.5 Å². The number of Topliss-reactive ketones (excluding diaryl/α,β-unsaturated/α-hetero) is 1. The number of carboxylic acids is 1. The van der Waals surface area contributed by atoms with Crippen LogP contribution in [0, 0.1) is 13.8 Å². The second-order valence-corrected chi connectivity index (χ2v) is 8.24. The van der Waals surface area contributed by atoms with Gasteiger partial charge in [-0.3, -0.25) is 14.4 Å². The number of aliphatic carboxylic acids is 1. The average molecular weight is 477 g/mol. The summed E-state index contributed by atoms with van der Waals surface area (Å²) in [5.41, 5.74) is 2.13. The van der Waals surface area contributed by atoms with E-state index in [1.165, 1.54) is 6.07 Å². The summed E-state index contributed by atoms with van der Waals surface area (Å²) in [4.78, 5) is 38.8. The van der Waals surface area contributed by atoms with Crippen molar-refractivity contribution in [2.24, 2.45) is 0 Å². The minimum atomic E-state index is -4.51. The van der Waals surface area contributed by atoms with E-state index in [4.69, 9.17) is 5.11 Å². The molecule has 4 N–H and O–H groups in total. The zero-order valence-corrected chi connectivity index (χ0v) is 18.9. The highest BCUT2D eigenvalue weighted by molar-refractivity contribution is 6.35. The number of hydrogen-bond donors (Lipinski definition) is 4. The third kappa shape index (κ3) is 5.74. The van der Waals surface area contributed by atoms with Crippen LogP contribution in [0.3, 0.4) is 0 Å². The van der Waals surface area contributed by atoms with Crippen molar-refractivity contribution in [2.45, 2.75) is 45.7 Å². The van der Waals surface area contributed by atoms with Gasteiger partial charge < -0.3 is 20.7 Å². The molecule has 0 spiro atoms. The van der Waals surface area contributed by atoms with Crippen molar-refractivity contribution in [1.82, 2.24) is 10.3 Å². The van der Waals surface area contributed by atoms with E-state index in [-0.39, 0.29) is 30.0 Å². The summed E-state index contributed by atoms with van der Waals surface area (Å²) in [6.07, 6.45) is -0.738. The maximum atomic E-state index is 13.0. The smallest absolute Gasteiger partial charge is 0.416 e. The minimum Gasteiger partial charge on any atom is -0.481 e. The molecule has 1 amide bonds. The van der Waals surface area contributed by atoms with Gasteiger partial charge in [0.1, 0.15) is 0 Å². The number of unbranched alkanes of at least 4 members (excludes halogenated alkanes) is 2. The SMILES string of the molecule is Cc1[nH]c(/C=C2\C(=O)Nc3cc(C(F)(F)F)ccc32)c(C)c1C(=O)CNCCCCCC(=O)O. The lowest BCUT2D eigenvalue weighted by molar-refractivity contribution is -0.138. The fourth-order valence-electron chi connectivity index (χ4n) is 3.99. The van der Waals surface area contributed by atoms with Gasteiger partial charge in [0.25, 0.3) is 5.91 Å². The Morgan fingerprint density at radius 3 is 2.56 bits per heavy atom. The molecule has 7 nitrogen and oxygen atoms in total. The zero-order chi connectivity index (χ0) is 25.0. The summed E-state index contributed by atoms with van der Waals surface area (Å²) in [6, 6.07) is 3.10. The second kappa shape index (κ2) is 10.3. The van der Waals surface area contributed by atoms with E-state index in [9.17, 15) is 27.6 Å². The molecule has 0 saturated carbocycles. The number of aromatic nitrogens is 1. The number of amides is 1. The Balaban J connectivity index is 1.70. The molecular weight excluding hydrogens is 451 g/mol. The minimum absolute atomic E-state index is 0.0934. The summed E-state index contributed by atoms with van der Waals surface area (Å²) < 4.78 is 38.9. The molecule has 1 aliphatic heterocycles. The lowest BCUT2D eigenvalue weighted by Crippen LogP contribution is -2.24. The van der Waals surface area contributed by atoms with Crippen molar-refractivity contribution >= 4 is 35.0 Å². The Labute approximate surface area is 194 Å². The fraction of sp³-hybridized carbons (Fsp3) is 0.375. The summed E-state index contributed by atoms with van der Waals surface area (Å²) in [6.45, 7) is 4.18. The van der Waals surface area contributed by atoms with Crippen molar-refractivity contribution in [3.8, 4) is 0 Å². The molecule has 1 aromatic carbocycles. The average Bonchev–Trinajstić information content (AvgIpc) is 3.21. The van der Waals surface area contributed by atoms with Gasteiger partial charge in [-0.05, 0) is 57.0 Å². The van der Waals surface area contributed by atoms with E-state index in [1.54, 1.807) is 19.9 Å². The number of carbonyl (C=O) groups is 3. The number of fused-ring (bicyclic) bond motifs is 1. The summed E-state index contributed by atoms with van der Waals surface area (Å²) in [7, 11) is 0. The molecular formula is C24H26F3N3O4. The number of H-pyrrole nitrogens is 1. The van der Waals surface area contributed by atoms with E-state index >= 15 is 0 Å². The zero-order valence-electron chi connectivity index (χ0n) is 18.9. The predicted octanol–water partition coefficient (Wildman–Crippen LogP) is 4.56. The quantitative estimate of drug-likeness (QED) is 0.228. The van der Waals surface area contributed by atoms with Gasteiger partial charge in [-0.15, -0.1) is 0 Å². The predicted molar refractivity (Wildman–Crippen MR) is 122 cm³/mol. The van der Waals surface area contributed by atoms with Crippen LogP contribution >= 0.6 is 0 Å². The summed E-state index contributed by atoms with van der Waals surface area (Å²) in [5.74, 6) is -1.47. The summed E-state index contributed by atoms with van der Waals surface area (Å²) >= 11 is 0. The summed E-state index contributed by atoms with van der Waals surface area (Å²) in [5, 5.41) is 14.2. The van der Waals surface area contributed by atoms with Crippen LogP contribution in [0.15, 0.2) is 18.2 Å². The molecule has 3 rings (SSSR count). The number of nitrogens with one attached hydrogen (secondary N) is 3. The Morgan fingerprint density at radius 1 is 1.15 bits per heavy atom. The van der Waals surface area contributed by atoms with E-state index in [2.05, 4.69) is 15.6 Å². The van der Waals surface area contributed by atoms with Crippen LogP contribution in [0.5, 0.6) is 0 Å². The molecule has 10 heteroatoms. The number of rotatable bonds is 10. The highest BCUT2D eigenvalue weighted by Gasteiger charge is 2.33. The van der Waals surface area contributed by atoms with Crippen LogP contribution in [0.25, 0.3) is 11.6 Å². The number of aromatic amines is 1. The normalized spacial score (nSPS) is 14.4. The number of anilines is 1. The molecule has 1 aromatic heterocycles. The topological polar surface area (TPSA) is 111 Å². The van der Waals surface area contributed by atoms with Crippen LogP contribution < -0.4 is 10.6 Å². The first-order valence-corrected chi connectivity index (χ1v) is 10.9. The first-order chi connectivity index (χ1) is 16.0. The Bertz CT molecular complexity index is 1150. The first-order valence-electron chi connectivity index (χ1n) is 10.9. The van der Waals surface area contributed by atoms with Crippen LogP contribution in [-0.2, 0) is 15.8 Å². The number of hydrogen-bond acceptors (Lipinski definition) is 4. The number of carboxylic acid groups (broad SMARTS) is 1. The van der Waals surface area contributed by atoms with Crippen molar-refractivity contribution in [2.75, 3.05) is 18.4 Å². The van der Waals surface area contributed by atoms with Crippen LogP contribution in [0.1, 0.15) is 64.1 Å². The van der Waals surface area contributed by atoms with Crippen molar-refractivity contribution < 1.29 is 32.7 Å². The van der Waals surface area contributed by atoms with Gasteiger partial charge in [0.05, 0.1) is 17.7 Å². The number of halogens is 3. The van der Waals surface area contributed by atoms with E-state index in [1.807, 2.05) is 0 Å². The Hall–Kier alpha value is -3.40. The van der Waals surface area contributed by atoms with E-state index in [0.29, 0.717) is 41.0 Å². The number of carbonyl (C=O) groups excluding carboxylic acids is 2. The van der Waals surface area contributed by atoms with E-state index in [0.717, 1.165) is 25.0 Å². The molecule has 0 radical (unpaired) electrons. The molecule has 182 valence electrons. The van der Waals surface area contributed by atoms with Gasteiger partial charge in [0, 0.05) is 34.6 Å². The molecule has 0 aliphatic carbocycles. The van der Waals surface area contributed by atoms with Crippen molar-refractivity contribution in [1.29, 1.82) is 0 Å². The molecule has 0 unspecified atom stereocenters. The molecule has 0 bridgehead atoms. The molecule has 1 aliphatic rings. The van der Waals surface area contributed by atoms with Crippen molar-refractivity contribution in [3.05, 3.63) is 51.8 Å². The van der Waals surface area contributed by atoms with Gasteiger partial charge in [-0.2, -0.15) is 13.2 Å². The monoisotopic (exact) mass is 477 g/mol. The third-order valence-electron chi connectivity index (χ3n) is 5.70. The van der Waals surface area contributed by atoms with E-state index < -0.39 is 23.6 Å². The maximum Gasteiger partial charge on any atom is 0.416 e. The molecule has 34 heavy (non-hydrogen) atoms. The largest absolute Gasteiger partial charge is 0.481 e. The van der Waals surface area contributed by atoms with Gasteiger partial charge >= 0.3 is 12.1 Å². The van der Waals surface area contributed by atoms with Gasteiger partial charge in [0.2, 0.25) is 0 Å². The van der Waals surface area contributed by atoms with Gasteiger partial charge in [-0.25, -0.2) is 0 Å². The highest BCUT2D eigenvalue weighted by Crippen LogP contribution is 2.38. The standard InChI is InChI=1S/C24H26F3N3O4/c1-13-18(11-17-16-8-7-15(24(25,26)27)10-19(16)30-23(17)34)29-14(2)22(13)20(31)12-28-9-5-3-4-6-21(32)33/h7-8,10-11,28-29H,3-6,9,12H2,1-2H3,(H,30,34)(H,32,33)/b17-11-. The van der Waals surface area contributed by atoms with Gasteiger partial charge in [0.15, 0.2) is 5.78 Å². The lowest BCUT2D eigenvalue weighted by atomic mass is 10.0. The van der Waals surface area contributed by atoms with Crippen LogP contribution in [-0.4, -0.2) is 40.8 Å². The molecule has 2 aromatic rings. The Kier molecular flexibility index (Phi) is 7.61. The number of benzene rings is 1. The fourth-order valence-corrected chi connectivity index (χ4v) is 3.99. The first kappa shape index (κ1) is 25.2. The molecule has 0 atom stereocenters. The van der Waals surface area contributed by atoms with Crippen LogP contribution in [0.2, 0.25) is 0 Å². The number of ketones is 1. The molecule has 0 saturated heterocycles. The number of aryl methyl sites for hydroxylation is 1. The lowest BCUT2D eigenvalue weighted by Gasteiger charge is -2.08. The van der Waals surface area contributed by atoms with Crippen LogP contribution in [0.4, 0.5) is 18.9 Å². The maximum absolute atomic E-state index is 13.0. The van der Waals surface area contributed by atoms with Crippen molar-refractivity contribution in [3.63, 3.8) is 0 Å². The highest BCUT2D eigenvalue weighted by atomic mass is 19.4. The molecule has 0 fully saturated rings. The number of alkyl halides is 3. The third-order valence-corrected chi connectivity index (χ3v) is 5.70. The second-order valence-electron chi connectivity index (χ2n) is 8.24. The molecule has 2 heterocycles.